The second kappa shape index (κ2) is 11.2. The Balaban J connectivity index is 1.34. The van der Waals surface area contributed by atoms with Gasteiger partial charge < -0.3 is 18.9 Å². The molecular formula is C31H29NO5. The summed E-state index contributed by atoms with van der Waals surface area (Å²) >= 11 is 0. The zero-order valence-corrected chi connectivity index (χ0v) is 21.0. The topological polar surface area (TPSA) is 66.9 Å². The Bertz CT molecular complexity index is 1420. The van der Waals surface area contributed by atoms with E-state index in [1.54, 1.807) is 7.11 Å². The number of nitrogens with zero attached hydrogens (tertiary/aromatic N) is 1. The Labute approximate surface area is 216 Å². The minimum Gasteiger partial charge on any atom is -0.497 e. The fraction of sp³-hybridized carbons (Fsp3) is 0.226. The van der Waals surface area contributed by atoms with Crippen LogP contribution in [-0.2, 0) is 11.2 Å². The van der Waals surface area contributed by atoms with Crippen LogP contribution in [0.2, 0.25) is 0 Å². The highest BCUT2D eigenvalue weighted by Crippen LogP contribution is 2.38. The van der Waals surface area contributed by atoms with Crippen LogP contribution in [-0.4, -0.2) is 37.9 Å². The molecular weight excluding hydrogens is 466 g/mol. The van der Waals surface area contributed by atoms with Gasteiger partial charge in [-0.2, -0.15) is 0 Å². The molecule has 0 unspecified atom stereocenters. The van der Waals surface area contributed by atoms with Crippen molar-refractivity contribution in [3.63, 3.8) is 0 Å². The second-order valence-electron chi connectivity index (χ2n) is 8.66. The van der Waals surface area contributed by atoms with Crippen LogP contribution < -0.4 is 14.2 Å². The molecule has 4 aromatic rings. The summed E-state index contributed by atoms with van der Waals surface area (Å²) in [6.45, 7) is 2.96. The highest BCUT2D eigenvalue weighted by atomic mass is 16.6. The summed E-state index contributed by atoms with van der Waals surface area (Å²) in [7, 11) is 1.66. The molecule has 6 nitrogen and oxygen atoms in total. The molecule has 37 heavy (non-hydrogen) atoms. The molecule has 6 heteroatoms. The number of allylic oxidation sites excluding steroid dienone is 1. The number of benzene rings is 3. The predicted molar refractivity (Wildman–Crippen MR) is 144 cm³/mol. The van der Waals surface area contributed by atoms with Crippen LogP contribution in [0.3, 0.4) is 0 Å². The molecule has 188 valence electrons. The molecule has 5 rings (SSSR count). The fourth-order valence-corrected chi connectivity index (χ4v) is 4.58. The Kier molecular flexibility index (Phi) is 7.36. The van der Waals surface area contributed by atoms with Gasteiger partial charge in [0.1, 0.15) is 30.5 Å². The SMILES string of the molecule is CCOc1ccc(OCCOC(=O)c2c3c(nc4ccccc24)C(=Cc2ccc(OC)cc2)CC3)cc1. The van der Waals surface area contributed by atoms with Crippen LogP contribution in [0.25, 0.3) is 22.6 Å². The van der Waals surface area contributed by atoms with Gasteiger partial charge in [-0.3, -0.25) is 0 Å². The number of hydrogen-bond donors (Lipinski definition) is 0. The number of carbonyl (C=O) groups excluding carboxylic acids is 1. The largest absolute Gasteiger partial charge is 0.497 e. The number of esters is 1. The molecule has 0 bridgehead atoms. The highest BCUT2D eigenvalue weighted by Gasteiger charge is 2.27. The van der Waals surface area contributed by atoms with E-state index in [0.29, 0.717) is 17.9 Å². The van der Waals surface area contributed by atoms with Crippen molar-refractivity contribution in [2.75, 3.05) is 26.9 Å². The van der Waals surface area contributed by atoms with E-state index >= 15 is 0 Å². The van der Waals surface area contributed by atoms with Gasteiger partial charge >= 0.3 is 5.97 Å². The summed E-state index contributed by atoms with van der Waals surface area (Å²) in [5, 5.41) is 0.810. The normalized spacial score (nSPS) is 13.4. The number of rotatable bonds is 9. The number of hydrogen-bond acceptors (Lipinski definition) is 6. The van der Waals surface area contributed by atoms with Gasteiger partial charge in [0.2, 0.25) is 0 Å². The van der Waals surface area contributed by atoms with Gasteiger partial charge in [-0.25, -0.2) is 9.78 Å². The number of para-hydroxylation sites is 1. The van der Waals surface area contributed by atoms with Crippen LogP contribution >= 0.6 is 0 Å². The van der Waals surface area contributed by atoms with Crippen molar-refractivity contribution in [3.05, 3.63) is 95.2 Å². The molecule has 1 heterocycles. The van der Waals surface area contributed by atoms with E-state index in [4.69, 9.17) is 23.9 Å². The Morgan fingerprint density at radius 2 is 1.57 bits per heavy atom. The lowest BCUT2D eigenvalue weighted by atomic mass is 10.0. The molecule has 0 saturated heterocycles. The molecule has 0 atom stereocenters. The maximum absolute atomic E-state index is 13.3. The average Bonchev–Trinajstić information content (AvgIpc) is 3.32. The van der Waals surface area contributed by atoms with Gasteiger partial charge in [-0.15, -0.1) is 0 Å². The van der Waals surface area contributed by atoms with Crippen LogP contribution in [0, 0.1) is 0 Å². The molecule has 3 aromatic carbocycles. The molecule has 0 fully saturated rings. The standard InChI is InChI=1S/C31H29NO5/c1-3-35-24-13-15-25(16-14-24)36-18-19-37-31(33)29-26-6-4-5-7-28(26)32-30-22(10-17-27(29)30)20-21-8-11-23(34-2)12-9-21/h4-9,11-16,20H,3,10,17-19H2,1-2H3. The van der Waals surface area contributed by atoms with Gasteiger partial charge in [-0.05, 0) is 85.0 Å². The van der Waals surface area contributed by atoms with Gasteiger partial charge in [0.15, 0.2) is 0 Å². The molecule has 1 aliphatic rings. The Morgan fingerprint density at radius 3 is 2.30 bits per heavy atom. The predicted octanol–water partition coefficient (Wildman–Crippen LogP) is 6.36. The lowest BCUT2D eigenvalue weighted by Crippen LogP contribution is -2.15. The van der Waals surface area contributed by atoms with Crippen molar-refractivity contribution >= 4 is 28.5 Å². The molecule has 0 radical (unpaired) electrons. The molecule has 0 aliphatic heterocycles. The van der Waals surface area contributed by atoms with Gasteiger partial charge in [-0.1, -0.05) is 30.3 Å². The van der Waals surface area contributed by atoms with Crippen LogP contribution in [0.4, 0.5) is 0 Å². The zero-order valence-electron chi connectivity index (χ0n) is 21.0. The minimum absolute atomic E-state index is 0.145. The van der Waals surface area contributed by atoms with Crippen molar-refractivity contribution in [1.82, 2.24) is 4.98 Å². The van der Waals surface area contributed by atoms with Crippen LogP contribution in [0.5, 0.6) is 17.2 Å². The molecule has 1 aromatic heterocycles. The average molecular weight is 496 g/mol. The third-order valence-corrected chi connectivity index (χ3v) is 6.32. The van der Waals surface area contributed by atoms with Crippen molar-refractivity contribution in [1.29, 1.82) is 0 Å². The van der Waals surface area contributed by atoms with Gasteiger partial charge in [0, 0.05) is 5.39 Å². The second-order valence-corrected chi connectivity index (χ2v) is 8.66. The van der Waals surface area contributed by atoms with Crippen molar-refractivity contribution in [2.45, 2.75) is 19.8 Å². The maximum Gasteiger partial charge on any atom is 0.339 e. The summed E-state index contributed by atoms with van der Waals surface area (Å²) in [5.74, 6) is 1.95. The van der Waals surface area contributed by atoms with E-state index in [2.05, 4.69) is 6.08 Å². The molecule has 0 spiro atoms. The van der Waals surface area contributed by atoms with E-state index in [1.807, 2.05) is 79.7 Å². The lowest BCUT2D eigenvalue weighted by molar-refractivity contribution is 0.0451. The van der Waals surface area contributed by atoms with Gasteiger partial charge in [0.25, 0.3) is 0 Å². The summed E-state index contributed by atoms with van der Waals surface area (Å²) in [4.78, 5) is 18.3. The monoisotopic (exact) mass is 495 g/mol. The third kappa shape index (κ3) is 5.43. The first-order chi connectivity index (χ1) is 18.2. The Hall–Kier alpha value is -4.32. The first-order valence-electron chi connectivity index (χ1n) is 12.5. The minimum atomic E-state index is -0.351. The molecule has 1 aliphatic carbocycles. The van der Waals surface area contributed by atoms with E-state index in [-0.39, 0.29) is 19.2 Å². The smallest absolute Gasteiger partial charge is 0.339 e. The van der Waals surface area contributed by atoms with Crippen LogP contribution in [0.1, 0.15) is 40.5 Å². The first kappa shape index (κ1) is 24.4. The highest BCUT2D eigenvalue weighted by molar-refractivity contribution is 6.07. The zero-order chi connectivity index (χ0) is 25.6. The van der Waals surface area contributed by atoms with E-state index < -0.39 is 0 Å². The van der Waals surface area contributed by atoms with Crippen molar-refractivity contribution in [3.8, 4) is 17.2 Å². The van der Waals surface area contributed by atoms with Crippen molar-refractivity contribution < 1.29 is 23.7 Å². The fourth-order valence-electron chi connectivity index (χ4n) is 4.58. The number of pyridine rings is 1. The number of fused-ring (bicyclic) bond motifs is 2. The quantitative estimate of drug-likeness (QED) is 0.199. The molecule has 0 amide bonds. The van der Waals surface area contributed by atoms with E-state index in [9.17, 15) is 4.79 Å². The number of ether oxygens (including phenoxy) is 4. The summed E-state index contributed by atoms with van der Waals surface area (Å²) < 4.78 is 22.1. The van der Waals surface area contributed by atoms with Crippen LogP contribution in [0.15, 0.2) is 72.8 Å². The third-order valence-electron chi connectivity index (χ3n) is 6.32. The van der Waals surface area contributed by atoms with E-state index in [1.165, 1.54) is 0 Å². The first-order valence-corrected chi connectivity index (χ1v) is 12.5. The lowest BCUT2D eigenvalue weighted by Gasteiger charge is -2.13. The summed E-state index contributed by atoms with van der Waals surface area (Å²) in [5.41, 5.74) is 5.36. The summed E-state index contributed by atoms with van der Waals surface area (Å²) in [6.07, 6.45) is 3.68. The molecule has 0 N–H and O–H groups in total. The summed E-state index contributed by atoms with van der Waals surface area (Å²) in [6, 6.07) is 23.0. The van der Waals surface area contributed by atoms with Gasteiger partial charge in [0.05, 0.1) is 30.5 Å². The van der Waals surface area contributed by atoms with Crippen molar-refractivity contribution in [2.24, 2.45) is 0 Å². The van der Waals surface area contributed by atoms with E-state index in [0.717, 1.165) is 57.6 Å². The maximum atomic E-state index is 13.3. The number of carbonyl (C=O) groups is 1. The number of methoxy groups -OCH3 is 1. The Morgan fingerprint density at radius 1 is 0.865 bits per heavy atom. The molecule has 0 saturated carbocycles. The number of aromatic nitrogens is 1.